The van der Waals surface area contributed by atoms with Crippen molar-refractivity contribution in [2.45, 2.75) is 6.18 Å². The summed E-state index contributed by atoms with van der Waals surface area (Å²) < 4.78 is 45.5. The van der Waals surface area contributed by atoms with E-state index in [2.05, 4.69) is 25.6 Å². The van der Waals surface area contributed by atoms with Crippen LogP contribution in [0.1, 0.15) is 0 Å². The molecule has 5 aromatic rings. The van der Waals surface area contributed by atoms with Crippen LogP contribution in [0.15, 0.2) is 55.1 Å². The fourth-order valence-corrected chi connectivity index (χ4v) is 4.70. The molecule has 1 fully saturated rings. The zero-order chi connectivity index (χ0) is 26.3. The SMILES string of the molecule is COc1cc(Nc2nc(-c3ccc4cn[nH]c4c3)cn3ncnc23)ccc1N1CCN(CC(F)(F)F)CC1. The fraction of sp³-hybridized carbons (Fsp3) is 0.280. The summed E-state index contributed by atoms with van der Waals surface area (Å²) in [6.45, 7) is 0.719. The van der Waals surface area contributed by atoms with Gasteiger partial charge in [-0.3, -0.25) is 10.00 Å². The zero-order valence-electron chi connectivity index (χ0n) is 20.4. The predicted octanol–water partition coefficient (Wildman–Crippen LogP) is 4.10. The quantitative estimate of drug-likeness (QED) is 0.343. The molecule has 2 aromatic carbocycles. The second-order valence-corrected chi connectivity index (χ2v) is 9.06. The summed E-state index contributed by atoms with van der Waals surface area (Å²) in [5.41, 5.74) is 4.59. The van der Waals surface area contributed by atoms with E-state index in [4.69, 9.17) is 9.72 Å². The Balaban J connectivity index is 1.25. The number of benzene rings is 2. The summed E-state index contributed by atoms with van der Waals surface area (Å²) in [4.78, 5) is 12.6. The first-order valence-corrected chi connectivity index (χ1v) is 12.0. The van der Waals surface area contributed by atoms with Crippen molar-refractivity contribution < 1.29 is 17.9 Å². The maximum atomic E-state index is 12.7. The normalized spacial score (nSPS) is 14.9. The van der Waals surface area contributed by atoms with Crippen molar-refractivity contribution in [1.82, 2.24) is 34.7 Å². The number of anilines is 3. The minimum Gasteiger partial charge on any atom is -0.495 e. The number of alkyl halides is 3. The number of nitrogens with one attached hydrogen (secondary N) is 2. The maximum absolute atomic E-state index is 12.7. The third kappa shape index (κ3) is 4.79. The van der Waals surface area contributed by atoms with Crippen molar-refractivity contribution in [1.29, 1.82) is 0 Å². The van der Waals surface area contributed by atoms with E-state index in [1.807, 2.05) is 47.5 Å². The third-order valence-electron chi connectivity index (χ3n) is 6.56. The summed E-state index contributed by atoms with van der Waals surface area (Å²) in [5, 5.41) is 15.7. The van der Waals surface area contributed by atoms with Gasteiger partial charge in [0.25, 0.3) is 0 Å². The largest absolute Gasteiger partial charge is 0.495 e. The van der Waals surface area contributed by atoms with Gasteiger partial charge in [0.15, 0.2) is 11.5 Å². The van der Waals surface area contributed by atoms with Crippen molar-refractivity contribution in [3.63, 3.8) is 0 Å². The van der Waals surface area contributed by atoms with Gasteiger partial charge in [-0.1, -0.05) is 12.1 Å². The first-order chi connectivity index (χ1) is 18.4. The van der Waals surface area contributed by atoms with Gasteiger partial charge in [-0.15, -0.1) is 0 Å². The molecule has 0 radical (unpaired) electrons. The molecular formula is C25H24F3N9O. The van der Waals surface area contributed by atoms with E-state index < -0.39 is 12.7 Å². The van der Waals surface area contributed by atoms with E-state index >= 15 is 0 Å². The molecule has 0 saturated carbocycles. The lowest BCUT2D eigenvalue weighted by Crippen LogP contribution is -2.49. The second-order valence-electron chi connectivity index (χ2n) is 9.06. The highest BCUT2D eigenvalue weighted by atomic mass is 19.4. The molecule has 0 unspecified atom stereocenters. The van der Waals surface area contributed by atoms with Crippen molar-refractivity contribution in [2.75, 3.05) is 50.1 Å². The van der Waals surface area contributed by atoms with Gasteiger partial charge in [0.1, 0.15) is 12.1 Å². The van der Waals surface area contributed by atoms with Crippen molar-refractivity contribution in [2.24, 2.45) is 0 Å². The molecule has 2 N–H and O–H groups in total. The Labute approximate surface area is 215 Å². The molecule has 4 heterocycles. The number of H-pyrrole nitrogens is 1. The van der Waals surface area contributed by atoms with E-state index in [1.54, 1.807) is 17.8 Å². The third-order valence-corrected chi connectivity index (χ3v) is 6.56. The number of nitrogens with zero attached hydrogens (tertiary/aromatic N) is 7. The monoisotopic (exact) mass is 523 g/mol. The minimum atomic E-state index is -4.19. The Morgan fingerprint density at radius 3 is 2.71 bits per heavy atom. The molecule has 6 rings (SSSR count). The Morgan fingerprint density at radius 1 is 1.08 bits per heavy atom. The molecule has 38 heavy (non-hydrogen) atoms. The smallest absolute Gasteiger partial charge is 0.401 e. The van der Waals surface area contributed by atoms with Gasteiger partial charge in [0.2, 0.25) is 0 Å². The lowest BCUT2D eigenvalue weighted by Gasteiger charge is -2.36. The number of rotatable bonds is 6. The Morgan fingerprint density at radius 2 is 1.92 bits per heavy atom. The van der Waals surface area contributed by atoms with Crippen LogP contribution >= 0.6 is 0 Å². The number of methoxy groups -OCH3 is 1. The summed E-state index contributed by atoms with van der Waals surface area (Å²) in [6, 6.07) is 11.5. The van der Waals surface area contributed by atoms with Gasteiger partial charge in [-0.05, 0) is 18.2 Å². The van der Waals surface area contributed by atoms with Crippen LogP contribution in [0.2, 0.25) is 0 Å². The Kier molecular flexibility index (Phi) is 5.98. The van der Waals surface area contributed by atoms with Crippen molar-refractivity contribution in [3.8, 4) is 17.0 Å². The van der Waals surface area contributed by atoms with E-state index in [0.717, 1.165) is 27.8 Å². The molecular weight excluding hydrogens is 499 g/mol. The predicted molar refractivity (Wildman–Crippen MR) is 137 cm³/mol. The van der Waals surface area contributed by atoms with Gasteiger partial charge >= 0.3 is 6.18 Å². The van der Waals surface area contributed by atoms with Crippen LogP contribution in [0.5, 0.6) is 5.75 Å². The highest BCUT2D eigenvalue weighted by molar-refractivity contribution is 5.84. The Hall–Kier alpha value is -4.39. The molecule has 0 atom stereocenters. The average molecular weight is 524 g/mol. The number of aromatic nitrogens is 6. The lowest BCUT2D eigenvalue weighted by atomic mass is 10.1. The summed E-state index contributed by atoms with van der Waals surface area (Å²) in [5.74, 6) is 1.12. The Bertz CT molecular complexity index is 1590. The molecule has 196 valence electrons. The number of hydrogen-bond acceptors (Lipinski definition) is 8. The fourth-order valence-electron chi connectivity index (χ4n) is 4.70. The van der Waals surface area contributed by atoms with Crippen LogP contribution in [-0.2, 0) is 0 Å². The minimum absolute atomic E-state index is 0.328. The van der Waals surface area contributed by atoms with E-state index in [1.165, 1.54) is 11.2 Å². The summed E-state index contributed by atoms with van der Waals surface area (Å²) in [6.07, 6.45) is 0.846. The second kappa shape index (κ2) is 9.49. The highest BCUT2D eigenvalue weighted by Crippen LogP contribution is 2.34. The van der Waals surface area contributed by atoms with Crippen LogP contribution < -0.4 is 15.0 Å². The molecule has 13 heteroatoms. The zero-order valence-corrected chi connectivity index (χ0v) is 20.4. The van der Waals surface area contributed by atoms with Crippen molar-refractivity contribution in [3.05, 3.63) is 55.1 Å². The molecule has 1 aliphatic heterocycles. The first-order valence-electron chi connectivity index (χ1n) is 12.0. The van der Waals surface area contributed by atoms with E-state index in [-0.39, 0.29) is 0 Å². The van der Waals surface area contributed by atoms with Crippen LogP contribution in [0, 0.1) is 0 Å². The highest BCUT2D eigenvalue weighted by Gasteiger charge is 2.32. The van der Waals surface area contributed by atoms with Crippen molar-refractivity contribution >= 4 is 33.7 Å². The van der Waals surface area contributed by atoms with Gasteiger partial charge in [0, 0.05) is 48.9 Å². The number of piperazine rings is 1. The van der Waals surface area contributed by atoms with E-state index in [0.29, 0.717) is 49.1 Å². The molecule has 0 bridgehead atoms. The van der Waals surface area contributed by atoms with Gasteiger partial charge in [0.05, 0.1) is 42.9 Å². The number of hydrogen-bond donors (Lipinski definition) is 2. The molecule has 0 aliphatic carbocycles. The van der Waals surface area contributed by atoms with Gasteiger partial charge in [-0.25, -0.2) is 14.5 Å². The van der Waals surface area contributed by atoms with Crippen LogP contribution in [0.3, 0.4) is 0 Å². The first kappa shape index (κ1) is 24.0. The summed E-state index contributed by atoms with van der Waals surface area (Å²) in [7, 11) is 1.57. The van der Waals surface area contributed by atoms with Crippen LogP contribution in [0.4, 0.5) is 30.4 Å². The van der Waals surface area contributed by atoms with Crippen LogP contribution in [-0.4, -0.2) is 80.7 Å². The number of aromatic amines is 1. The maximum Gasteiger partial charge on any atom is 0.401 e. The molecule has 3 aromatic heterocycles. The summed E-state index contributed by atoms with van der Waals surface area (Å²) >= 11 is 0. The molecule has 0 spiro atoms. The number of halogens is 3. The molecule has 0 amide bonds. The number of fused-ring (bicyclic) bond motifs is 2. The topological polar surface area (TPSA) is 99.5 Å². The van der Waals surface area contributed by atoms with E-state index in [9.17, 15) is 13.2 Å². The average Bonchev–Trinajstić information content (AvgIpc) is 3.57. The molecule has 1 saturated heterocycles. The van der Waals surface area contributed by atoms with Crippen LogP contribution in [0.25, 0.3) is 27.8 Å². The lowest BCUT2D eigenvalue weighted by molar-refractivity contribution is -0.146. The molecule has 1 aliphatic rings. The van der Waals surface area contributed by atoms with Gasteiger partial charge in [-0.2, -0.15) is 23.4 Å². The van der Waals surface area contributed by atoms with Gasteiger partial charge < -0.3 is 15.0 Å². The standard InChI is InChI=1S/C25H24F3N9O/c1-38-22-11-18(4-5-21(22)36-8-6-35(7-9-36)14-25(26,27)28)32-23-24-29-15-31-37(24)13-20(33-23)16-2-3-17-12-30-34-19(17)10-16/h2-5,10-13,15H,6-9,14H2,1H3,(H,30,34)(H,32,33). The molecule has 10 nitrogen and oxygen atoms in total. The number of ether oxygens (including phenoxy) is 1.